The molecule has 0 spiro atoms. The highest BCUT2D eigenvalue weighted by Crippen LogP contribution is 2.37. The van der Waals surface area contributed by atoms with Crippen LogP contribution in [0.25, 0.3) is 17.3 Å². The summed E-state index contributed by atoms with van der Waals surface area (Å²) in [6.07, 6.45) is 5.74. The topological polar surface area (TPSA) is 56.1 Å². The van der Waals surface area contributed by atoms with Crippen molar-refractivity contribution in [3.63, 3.8) is 0 Å². The van der Waals surface area contributed by atoms with Gasteiger partial charge in [0.15, 0.2) is 5.69 Å². The van der Waals surface area contributed by atoms with Crippen LogP contribution in [0.2, 0.25) is 10.0 Å². The van der Waals surface area contributed by atoms with E-state index in [2.05, 4.69) is 11.4 Å². The molecule has 38 heavy (non-hydrogen) atoms. The lowest BCUT2D eigenvalue weighted by Crippen LogP contribution is -2.28. The number of aromatic nitrogens is 2. The average Bonchev–Trinajstić information content (AvgIpc) is 3.18. The molecular formula is C31H29Cl2N3O2. The molecule has 0 fully saturated rings. The predicted octanol–water partition coefficient (Wildman–Crippen LogP) is 7.95. The molecule has 3 aromatic carbocycles. The van der Waals surface area contributed by atoms with Crippen LogP contribution in [0.1, 0.15) is 65.1 Å². The van der Waals surface area contributed by atoms with Crippen LogP contribution in [0, 0.1) is 0 Å². The molecule has 1 aliphatic carbocycles. The summed E-state index contributed by atoms with van der Waals surface area (Å²) in [4.78, 5) is 13.7. The van der Waals surface area contributed by atoms with Crippen molar-refractivity contribution in [2.24, 2.45) is 0 Å². The van der Waals surface area contributed by atoms with Gasteiger partial charge in [0.2, 0.25) is 0 Å². The molecule has 0 saturated heterocycles. The van der Waals surface area contributed by atoms with Gasteiger partial charge in [0.25, 0.3) is 5.91 Å². The number of allylic oxidation sites excluding steroid dienone is 1. The van der Waals surface area contributed by atoms with Gasteiger partial charge in [-0.1, -0.05) is 65.7 Å². The van der Waals surface area contributed by atoms with Crippen molar-refractivity contribution < 1.29 is 9.53 Å². The largest absolute Gasteiger partial charge is 0.497 e. The number of hydrogen-bond donors (Lipinski definition) is 1. The van der Waals surface area contributed by atoms with Gasteiger partial charge < -0.3 is 10.1 Å². The first-order valence-electron chi connectivity index (χ1n) is 12.7. The van der Waals surface area contributed by atoms with Crippen LogP contribution in [0.4, 0.5) is 0 Å². The minimum Gasteiger partial charge on any atom is -0.497 e. The summed E-state index contributed by atoms with van der Waals surface area (Å²) < 4.78 is 7.14. The van der Waals surface area contributed by atoms with E-state index >= 15 is 0 Å². The summed E-state index contributed by atoms with van der Waals surface area (Å²) in [5.74, 6) is 0.602. The lowest BCUT2D eigenvalue weighted by Gasteiger charge is -2.14. The van der Waals surface area contributed by atoms with Crippen molar-refractivity contribution in [2.75, 3.05) is 7.11 Å². The number of carbonyl (C=O) groups is 1. The van der Waals surface area contributed by atoms with Crippen LogP contribution < -0.4 is 10.1 Å². The number of rotatable bonds is 6. The summed E-state index contributed by atoms with van der Waals surface area (Å²) in [5.41, 5.74) is 6.16. The van der Waals surface area contributed by atoms with Gasteiger partial charge in [0.1, 0.15) is 5.75 Å². The quantitative estimate of drug-likeness (QED) is 0.250. The average molecular weight is 546 g/mol. The highest BCUT2D eigenvalue weighted by atomic mass is 35.5. The molecule has 0 aliphatic heterocycles. The molecule has 194 valence electrons. The lowest BCUT2D eigenvalue weighted by molar-refractivity contribution is 0.0933. The third kappa shape index (κ3) is 5.50. The maximum atomic E-state index is 13.7. The highest BCUT2D eigenvalue weighted by molar-refractivity contribution is 6.35. The van der Waals surface area contributed by atoms with Gasteiger partial charge in [-0.3, -0.25) is 4.79 Å². The first kappa shape index (κ1) is 26.1. The van der Waals surface area contributed by atoms with Gasteiger partial charge in [-0.05, 0) is 85.7 Å². The van der Waals surface area contributed by atoms with Gasteiger partial charge in [0.05, 0.1) is 29.6 Å². The number of methoxy groups -OCH3 is 1. The van der Waals surface area contributed by atoms with Crippen molar-refractivity contribution in [3.05, 3.63) is 111 Å². The van der Waals surface area contributed by atoms with Crippen LogP contribution in [0.5, 0.6) is 5.75 Å². The molecule has 0 radical (unpaired) electrons. The van der Waals surface area contributed by atoms with Gasteiger partial charge in [0, 0.05) is 10.6 Å². The van der Waals surface area contributed by atoms with Crippen molar-refractivity contribution in [1.82, 2.24) is 15.1 Å². The zero-order valence-electron chi connectivity index (χ0n) is 21.4. The first-order chi connectivity index (χ1) is 18.4. The number of amides is 1. The second kappa shape index (κ2) is 11.5. The summed E-state index contributed by atoms with van der Waals surface area (Å²) >= 11 is 12.9. The van der Waals surface area contributed by atoms with E-state index in [0.29, 0.717) is 21.4 Å². The molecule has 1 atom stereocenters. The van der Waals surface area contributed by atoms with Crippen LogP contribution in [0.15, 0.2) is 72.8 Å². The molecule has 5 nitrogen and oxygen atoms in total. The third-order valence-electron chi connectivity index (χ3n) is 6.87. The molecule has 1 aromatic heterocycles. The molecule has 0 unspecified atom stereocenters. The summed E-state index contributed by atoms with van der Waals surface area (Å²) in [5, 5.41) is 9.04. The number of nitrogens with zero attached hydrogens (tertiary/aromatic N) is 2. The van der Waals surface area contributed by atoms with Crippen LogP contribution in [-0.4, -0.2) is 22.8 Å². The van der Waals surface area contributed by atoms with Crippen LogP contribution >= 0.6 is 23.2 Å². The maximum absolute atomic E-state index is 13.7. The number of benzene rings is 3. The highest BCUT2D eigenvalue weighted by Gasteiger charge is 2.28. The number of ether oxygens (including phenoxy) is 1. The second-order valence-corrected chi connectivity index (χ2v) is 10.3. The first-order valence-corrected chi connectivity index (χ1v) is 13.5. The van der Waals surface area contributed by atoms with Gasteiger partial charge in [-0.25, -0.2) is 4.68 Å². The normalized spacial score (nSPS) is 15.0. The van der Waals surface area contributed by atoms with Crippen molar-refractivity contribution in [2.45, 2.75) is 38.6 Å². The minimum absolute atomic E-state index is 0.163. The number of carbonyl (C=O) groups excluding carboxylic acids is 1. The Balaban J connectivity index is 1.63. The Kier molecular flexibility index (Phi) is 7.87. The maximum Gasteiger partial charge on any atom is 0.272 e. The number of hydrogen-bond acceptors (Lipinski definition) is 3. The van der Waals surface area contributed by atoms with E-state index in [4.69, 9.17) is 33.0 Å². The summed E-state index contributed by atoms with van der Waals surface area (Å²) in [6.45, 7) is 1.98. The summed E-state index contributed by atoms with van der Waals surface area (Å²) in [7, 11) is 1.66. The Morgan fingerprint density at radius 1 is 1.03 bits per heavy atom. The zero-order valence-corrected chi connectivity index (χ0v) is 22.9. The van der Waals surface area contributed by atoms with Crippen molar-refractivity contribution in [3.8, 4) is 11.4 Å². The molecule has 7 heteroatoms. The van der Waals surface area contributed by atoms with E-state index in [-0.39, 0.29) is 11.9 Å². The van der Waals surface area contributed by atoms with Crippen molar-refractivity contribution >= 4 is 40.8 Å². The lowest BCUT2D eigenvalue weighted by atomic mass is 10.0. The van der Waals surface area contributed by atoms with Crippen LogP contribution in [0.3, 0.4) is 0 Å². The molecule has 1 N–H and O–H groups in total. The zero-order chi connectivity index (χ0) is 26.6. The molecule has 0 saturated carbocycles. The Morgan fingerprint density at radius 2 is 1.76 bits per heavy atom. The van der Waals surface area contributed by atoms with Gasteiger partial charge in [-0.15, -0.1) is 0 Å². The molecular weight excluding hydrogens is 517 g/mol. The molecule has 0 bridgehead atoms. The third-order valence-corrected chi connectivity index (χ3v) is 7.41. The molecule has 1 heterocycles. The monoisotopic (exact) mass is 545 g/mol. The molecule has 5 rings (SSSR count). The number of halogens is 2. The Labute approximate surface area is 233 Å². The van der Waals surface area contributed by atoms with Gasteiger partial charge >= 0.3 is 0 Å². The second-order valence-electron chi connectivity index (χ2n) is 9.44. The Bertz CT molecular complexity index is 1480. The number of nitrogens with one attached hydrogen (secondary N) is 1. The van der Waals surface area contributed by atoms with E-state index in [1.807, 2.05) is 72.3 Å². The van der Waals surface area contributed by atoms with E-state index in [1.54, 1.807) is 19.2 Å². The van der Waals surface area contributed by atoms with E-state index in [0.717, 1.165) is 59.4 Å². The van der Waals surface area contributed by atoms with E-state index in [1.165, 1.54) is 0 Å². The van der Waals surface area contributed by atoms with E-state index in [9.17, 15) is 4.79 Å². The fourth-order valence-electron chi connectivity index (χ4n) is 4.89. The predicted molar refractivity (Wildman–Crippen MR) is 154 cm³/mol. The van der Waals surface area contributed by atoms with Gasteiger partial charge in [-0.2, -0.15) is 5.10 Å². The van der Waals surface area contributed by atoms with Crippen molar-refractivity contribution in [1.29, 1.82) is 0 Å². The van der Waals surface area contributed by atoms with Crippen LogP contribution in [-0.2, 0) is 6.42 Å². The molecule has 1 amide bonds. The molecule has 1 aliphatic rings. The Hall–Kier alpha value is -3.54. The molecule has 4 aromatic rings. The Morgan fingerprint density at radius 3 is 2.47 bits per heavy atom. The fourth-order valence-corrected chi connectivity index (χ4v) is 5.38. The SMILES string of the molecule is COc1ccc(/C=C2\CCCCc3c(C(=O)N[C@@H](C)c4ccccc4)nn(-c4ccc(Cl)cc4Cl)c32)cc1. The minimum atomic E-state index is -0.202. The summed E-state index contributed by atoms with van der Waals surface area (Å²) in [6, 6.07) is 23.0. The standard InChI is InChI=1S/C31H29Cl2N3O2/c1-20(22-8-4-3-5-9-22)34-31(37)29-26-11-7-6-10-23(18-21-12-15-25(38-2)16-13-21)30(26)36(35-29)28-17-14-24(32)19-27(28)33/h3-5,8-9,12-20H,6-7,10-11H2,1-2H3,(H,34,37)/b23-18+/t20-/m0/s1. The van der Waals surface area contributed by atoms with E-state index < -0.39 is 0 Å². The smallest absolute Gasteiger partial charge is 0.272 e. The fraction of sp³-hybridized carbons (Fsp3) is 0.226. The number of fused-ring (bicyclic) bond motifs is 1.